The molecular formula is C18H18O4. The first kappa shape index (κ1) is 14.6. The Morgan fingerprint density at radius 3 is 2.64 bits per heavy atom. The number of hydrogen-bond acceptors (Lipinski definition) is 3. The van der Waals surface area contributed by atoms with Gasteiger partial charge in [-0.1, -0.05) is 42.5 Å². The van der Waals surface area contributed by atoms with Crippen LogP contribution < -0.4 is 4.74 Å². The molecule has 0 aromatic heterocycles. The average Bonchev–Trinajstić information content (AvgIpc) is 2.50. The molecule has 2 aromatic carbocycles. The molecule has 0 spiro atoms. The Hall–Kier alpha value is -2.33. The Labute approximate surface area is 129 Å². The van der Waals surface area contributed by atoms with Crippen molar-refractivity contribution in [1.82, 2.24) is 0 Å². The molecule has 0 aliphatic carbocycles. The van der Waals surface area contributed by atoms with Gasteiger partial charge in [0.2, 0.25) is 0 Å². The van der Waals surface area contributed by atoms with Crippen molar-refractivity contribution < 1.29 is 19.7 Å². The van der Waals surface area contributed by atoms with E-state index in [1.165, 1.54) is 5.56 Å². The Bertz CT molecular complexity index is 666. The average molecular weight is 298 g/mol. The van der Waals surface area contributed by atoms with E-state index >= 15 is 0 Å². The predicted octanol–water partition coefficient (Wildman–Crippen LogP) is 2.60. The molecule has 1 heterocycles. The van der Waals surface area contributed by atoms with Crippen molar-refractivity contribution in [3.05, 3.63) is 65.2 Å². The Balaban J connectivity index is 1.77. The maximum Gasteiger partial charge on any atom is 0.307 e. The van der Waals surface area contributed by atoms with Crippen LogP contribution in [0.25, 0.3) is 0 Å². The van der Waals surface area contributed by atoms with Gasteiger partial charge < -0.3 is 14.9 Å². The quantitative estimate of drug-likeness (QED) is 0.910. The highest BCUT2D eigenvalue weighted by Gasteiger charge is 2.29. The normalized spacial score (nSPS) is 20.0. The standard InChI is InChI=1S/C18H18O4/c19-17(20)10-13-6-7-15-16(9-13)22-11-14(18(15)21)8-12-4-2-1-3-5-12/h1-7,9,14,18,21H,8,10-11H2,(H,19,20)/t14-,18+/m0/s1. The largest absolute Gasteiger partial charge is 0.493 e. The minimum atomic E-state index is -0.877. The summed E-state index contributed by atoms with van der Waals surface area (Å²) in [6.45, 7) is 0.430. The van der Waals surface area contributed by atoms with E-state index in [4.69, 9.17) is 9.84 Å². The molecule has 2 aromatic rings. The van der Waals surface area contributed by atoms with E-state index in [1.807, 2.05) is 30.3 Å². The van der Waals surface area contributed by atoms with Crippen molar-refractivity contribution in [2.24, 2.45) is 5.92 Å². The fourth-order valence-electron chi connectivity index (χ4n) is 2.86. The highest BCUT2D eigenvalue weighted by molar-refractivity contribution is 5.70. The van der Waals surface area contributed by atoms with E-state index in [0.29, 0.717) is 17.9 Å². The lowest BCUT2D eigenvalue weighted by Gasteiger charge is -2.30. The van der Waals surface area contributed by atoms with Crippen LogP contribution in [0.2, 0.25) is 0 Å². The zero-order valence-corrected chi connectivity index (χ0v) is 12.1. The van der Waals surface area contributed by atoms with Gasteiger partial charge in [-0.25, -0.2) is 0 Å². The molecule has 3 rings (SSSR count). The van der Waals surface area contributed by atoms with Crippen LogP contribution in [-0.2, 0) is 17.6 Å². The van der Waals surface area contributed by atoms with Crippen LogP contribution >= 0.6 is 0 Å². The smallest absolute Gasteiger partial charge is 0.307 e. The lowest BCUT2D eigenvalue weighted by molar-refractivity contribution is -0.136. The van der Waals surface area contributed by atoms with Gasteiger partial charge in [-0.15, -0.1) is 0 Å². The number of rotatable bonds is 4. The van der Waals surface area contributed by atoms with Crippen LogP contribution in [0.4, 0.5) is 0 Å². The number of fused-ring (bicyclic) bond motifs is 1. The minimum Gasteiger partial charge on any atom is -0.493 e. The summed E-state index contributed by atoms with van der Waals surface area (Å²) < 4.78 is 5.75. The lowest BCUT2D eigenvalue weighted by atomic mass is 9.87. The third-order valence-corrected chi connectivity index (χ3v) is 3.99. The number of aliphatic hydroxyl groups is 1. The maximum atomic E-state index is 10.8. The van der Waals surface area contributed by atoms with Gasteiger partial charge in [0.05, 0.1) is 19.1 Å². The van der Waals surface area contributed by atoms with E-state index < -0.39 is 12.1 Å². The molecule has 4 nitrogen and oxygen atoms in total. The third-order valence-electron chi connectivity index (χ3n) is 3.99. The summed E-state index contributed by atoms with van der Waals surface area (Å²) in [6, 6.07) is 15.2. The monoisotopic (exact) mass is 298 g/mol. The maximum absolute atomic E-state index is 10.8. The number of ether oxygens (including phenoxy) is 1. The van der Waals surface area contributed by atoms with Crippen LogP contribution in [0.15, 0.2) is 48.5 Å². The van der Waals surface area contributed by atoms with Crippen LogP contribution in [0.1, 0.15) is 22.8 Å². The van der Waals surface area contributed by atoms with Gasteiger partial charge in [0.25, 0.3) is 0 Å². The molecule has 0 unspecified atom stereocenters. The van der Waals surface area contributed by atoms with E-state index in [2.05, 4.69) is 0 Å². The zero-order chi connectivity index (χ0) is 15.5. The second kappa shape index (κ2) is 6.20. The van der Waals surface area contributed by atoms with Gasteiger partial charge in [-0.2, -0.15) is 0 Å². The Kier molecular flexibility index (Phi) is 4.11. The van der Waals surface area contributed by atoms with Crippen molar-refractivity contribution in [3.63, 3.8) is 0 Å². The summed E-state index contributed by atoms with van der Waals surface area (Å²) in [5.74, 6) is -0.283. The fourth-order valence-corrected chi connectivity index (χ4v) is 2.86. The van der Waals surface area contributed by atoms with Crippen LogP contribution in [0.3, 0.4) is 0 Å². The fraction of sp³-hybridized carbons (Fsp3) is 0.278. The van der Waals surface area contributed by atoms with E-state index in [-0.39, 0.29) is 12.3 Å². The number of aliphatic carboxylic acids is 1. The molecule has 1 aliphatic heterocycles. The first-order valence-corrected chi connectivity index (χ1v) is 7.33. The molecule has 2 N–H and O–H groups in total. The number of benzene rings is 2. The first-order chi connectivity index (χ1) is 10.6. The minimum absolute atomic E-state index is 0.000207. The number of carbonyl (C=O) groups is 1. The highest BCUT2D eigenvalue weighted by atomic mass is 16.5. The molecule has 0 fully saturated rings. The molecule has 0 radical (unpaired) electrons. The van der Waals surface area contributed by atoms with Gasteiger partial charge >= 0.3 is 5.97 Å². The van der Waals surface area contributed by atoms with Gasteiger partial charge in [0, 0.05) is 11.5 Å². The zero-order valence-electron chi connectivity index (χ0n) is 12.1. The van der Waals surface area contributed by atoms with Gasteiger partial charge in [0.15, 0.2) is 0 Å². The second-order valence-corrected chi connectivity index (χ2v) is 5.65. The van der Waals surface area contributed by atoms with Crippen molar-refractivity contribution in [1.29, 1.82) is 0 Å². The molecule has 4 heteroatoms. The van der Waals surface area contributed by atoms with Crippen LogP contribution in [0, 0.1) is 5.92 Å². The summed E-state index contributed by atoms with van der Waals surface area (Å²) in [5.41, 5.74) is 2.59. The first-order valence-electron chi connectivity index (χ1n) is 7.33. The molecule has 1 aliphatic rings. The Morgan fingerprint density at radius 2 is 1.91 bits per heavy atom. The predicted molar refractivity (Wildman–Crippen MR) is 81.9 cm³/mol. The van der Waals surface area contributed by atoms with Crippen molar-refractivity contribution in [2.75, 3.05) is 6.61 Å². The Morgan fingerprint density at radius 1 is 1.14 bits per heavy atom. The number of aliphatic hydroxyl groups excluding tert-OH is 1. The summed E-state index contributed by atoms with van der Waals surface area (Å²) in [7, 11) is 0. The molecule has 0 bridgehead atoms. The van der Waals surface area contributed by atoms with Gasteiger partial charge in [-0.3, -0.25) is 4.79 Å². The highest BCUT2D eigenvalue weighted by Crippen LogP contribution is 2.37. The molecule has 0 saturated heterocycles. The third kappa shape index (κ3) is 3.12. The summed E-state index contributed by atoms with van der Waals surface area (Å²) >= 11 is 0. The van der Waals surface area contributed by atoms with Crippen LogP contribution in [-0.4, -0.2) is 22.8 Å². The summed E-state index contributed by atoms with van der Waals surface area (Å²) in [6.07, 6.45) is 0.112. The van der Waals surface area contributed by atoms with E-state index in [1.54, 1.807) is 18.2 Å². The van der Waals surface area contributed by atoms with E-state index in [9.17, 15) is 9.90 Å². The van der Waals surface area contributed by atoms with Crippen molar-refractivity contribution in [2.45, 2.75) is 18.9 Å². The number of hydrogen-bond donors (Lipinski definition) is 2. The lowest BCUT2D eigenvalue weighted by Crippen LogP contribution is -2.27. The molecule has 0 amide bonds. The molecule has 22 heavy (non-hydrogen) atoms. The summed E-state index contributed by atoms with van der Waals surface area (Å²) in [4.78, 5) is 10.8. The molecule has 2 atom stereocenters. The van der Waals surface area contributed by atoms with Gasteiger partial charge in [0.1, 0.15) is 5.75 Å². The van der Waals surface area contributed by atoms with Crippen LogP contribution in [0.5, 0.6) is 5.75 Å². The van der Waals surface area contributed by atoms with Crippen molar-refractivity contribution >= 4 is 5.97 Å². The summed E-state index contributed by atoms with van der Waals surface area (Å²) in [5, 5.41) is 19.4. The number of carboxylic acids is 1. The van der Waals surface area contributed by atoms with E-state index in [0.717, 1.165) is 12.0 Å². The molecular weight excluding hydrogens is 280 g/mol. The number of carboxylic acid groups (broad SMARTS) is 1. The second-order valence-electron chi connectivity index (χ2n) is 5.65. The van der Waals surface area contributed by atoms with Crippen molar-refractivity contribution in [3.8, 4) is 5.75 Å². The van der Waals surface area contributed by atoms with Gasteiger partial charge in [-0.05, 0) is 23.6 Å². The topological polar surface area (TPSA) is 66.8 Å². The molecule has 114 valence electrons. The molecule has 0 saturated carbocycles. The SMILES string of the molecule is O=C(O)Cc1ccc2c(c1)OC[C@H](Cc1ccccc1)[C@H]2O.